The van der Waals surface area contributed by atoms with Crippen molar-refractivity contribution in [3.8, 4) is 0 Å². The first-order chi connectivity index (χ1) is 9.19. The minimum atomic E-state index is 0.405. The van der Waals surface area contributed by atoms with Crippen LogP contribution in [0.25, 0.3) is 16.6 Å². The van der Waals surface area contributed by atoms with Crippen LogP contribution in [0.2, 0.25) is 0 Å². The lowest BCUT2D eigenvalue weighted by atomic mass is 10.2. The van der Waals surface area contributed by atoms with Gasteiger partial charge >= 0.3 is 0 Å². The summed E-state index contributed by atoms with van der Waals surface area (Å²) in [7, 11) is 0. The van der Waals surface area contributed by atoms with E-state index < -0.39 is 0 Å². The van der Waals surface area contributed by atoms with Gasteiger partial charge in [-0.1, -0.05) is 19.1 Å². The second-order valence-corrected chi connectivity index (χ2v) is 4.99. The third kappa shape index (κ3) is 2.03. The summed E-state index contributed by atoms with van der Waals surface area (Å²) < 4.78 is 1.91. The van der Waals surface area contributed by atoms with E-state index in [4.69, 9.17) is 4.98 Å². The Labute approximate surface area is 112 Å². The van der Waals surface area contributed by atoms with Gasteiger partial charge in [0.05, 0.1) is 11.2 Å². The molecule has 0 saturated heterocycles. The minimum absolute atomic E-state index is 0.405. The number of rotatable bonds is 3. The number of anilines is 1. The van der Waals surface area contributed by atoms with Gasteiger partial charge in [0.15, 0.2) is 5.65 Å². The zero-order valence-corrected chi connectivity index (χ0v) is 11.5. The molecule has 3 aromatic rings. The summed E-state index contributed by atoms with van der Waals surface area (Å²) in [6.45, 7) is 6.33. The number of hydrogen-bond acceptors (Lipinski definition) is 3. The molecule has 1 N–H and O–H groups in total. The van der Waals surface area contributed by atoms with Crippen LogP contribution >= 0.6 is 0 Å². The quantitative estimate of drug-likeness (QED) is 0.779. The highest BCUT2D eigenvalue weighted by molar-refractivity contribution is 5.91. The van der Waals surface area contributed by atoms with Gasteiger partial charge in [0.2, 0.25) is 0 Å². The third-order valence-corrected chi connectivity index (χ3v) is 3.42. The fraction of sp³-hybridized carbons (Fsp3) is 0.333. The van der Waals surface area contributed by atoms with Gasteiger partial charge in [0, 0.05) is 17.5 Å². The molecule has 0 radical (unpaired) electrons. The highest BCUT2D eigenvalue weighted by Crippen LogP contribution is 2.24. The molecule has 0 fully saturated rings. The molecule has 0 bridgehead atoms. The summed E-state index contributed by atoms with van der Waals surface area (Å²) in [6, 6.07) is 10.7. The van der Waals surface area contributed by atoms with Gasteiger partial charge in [-0.2, -0.15) is 5.10 Å². The number of fused-ring (bicyclic) bond motifs is 3. The predicted octanol–water partition coefficient (Wildman–Crippen LogP) is 3.40. The first-order valence-electron chi connectivity index (χ1n) is 6.70. The third-order valence-electron chi connectivity index (χ3n) is 3.42. The second kappa shape index (κ2) is 4.53. The molecule has 3 rings (SSSR count). The predicted molar refractivity (Wildman–Crippen MR) is 78.6 cm³/mol. The highest BCUT2D eigenvalue weighted by Gasteiger charge is 2.10. The molecule has 0 spiro atoms. The number of hydrogen-bond donors (Lipinski definition) is 1. The molecule has 2 heterocycles. The molecule has 4 nitrogen and oxygen atoms in total. The van der Waals surface area contributed by atoms with E-state index in [1.165, 1.54) is 0 Å². The van der Waals surface area contributed by atoms with E-state index >= 15 is 0 Å². The molecular formula is C15H18N4. The monoisotopic (exact) mass is 254 g/mol. The average Bonchev–Trinajstić information content (AvgIpc) is 2.79. The smallest absolute Gasteiger partial charge is 0.158 e. The van der Waals surface area contributed by atoms with E-state index in [1.54, 1.807) is 0 Å². The molecule has 0 unspecified atom stereocenters. The van der Waals surface area contributed by atoms with Crippen molar-refractivity contribution in [3.05, 3.63) is 36.0 Å². The summed E-state index contributed by atoms with van der Waals surface area (Å²) in [4.78, 5) is 4.70. The molecule has 1 atom stereocenters. The van der Waals surface area contributed by atoms with Crippen molar-refractivity contribution in [1.82, 2.24) is 14.6 Å². The van der Waals surface area contributed by atoms with E-state index in [2.05, 4.69) is 36.4 Å². The summed E-state index contributed by atoms with van der Waals surface area (Å²) in [6.07, 6.45) is 1.07. The van der Waals surface area contributed by atoms with Gasteiger partial charge in [-0.15, -0.1) is 0 Å². The van der Waals surface area contributed by atoms with Crippen molar-refractivity contribution in [2.45, 2.75) is 33.2 Å². The number of aromatic nitrogens is 3. The topological polar surface area (TPSA) is 42.2 Å². The molecule has 0 amide bonds. The van der Waals surface area contributed by atoms with E-state index in [1.807, 2.05) is 29.6 Å². The van der Waals surface area contributed by atoms with Gasteiger partial charge in [-0.25, -0.2) is 9.50 Å². The van der Waals surface area contributed by atoms with Crippen LogP contribution in [0.4, 0.5) is 5.82 Å². The molecular weight excluding hydrogens is 236 g/mol. The van der Waals surface area contributed by atoms with Crippen LogP contribution in [0, 0.1) is 6.92 Å². The minimum Gasteiger partial charge on any atom is -0.367 e. The maximum absolute atomic E-state index is 4.70. The van der Waals surface area contributed by atoms with E-state index in [0.29, 0.717) is 6.04 Å². The Morgan fingerprint density at radius 3 is 2.89 bits per heavy atom. The van der Waals surface area contributed by atoms with Gasteiger partial charge in [-0.05, 0) is 32.4 Å². The van der Waals surface area contributed by atoms with Crippen LogP contribution in [0.1, 0.15) is 26.0 Å². The summed E-state index contributed by atoms with van der Waals surface area (Å²) in [5.41, 5.74) is 2.96. The van der Waals surface area contributed by atoms with Crippen LogP contribution in [0.5, 0.6) is 0 Å². The van der Waals surface area contributed by atoms with Crippen molar-refractivity contribution >= 4 is 22.4 Å². The molecule has 0 aliphatic rings. The standard InChI is InChI=1S/C15H18N4/c1-4-10(2)16-15-12-7-5-6-8-13(12)19-14(17-15)9-11(3)18-19/h5-10H,4H2,1-3H3,(H,16,17)/t10-/m1/s1. The second-order valence-electron chi connectivity index (χ2n) is 4.99. The number of aryl methyl sites for hydroxylation is 1. The van der Waals surface area contributed by atoms with Crippen LogP contribution in [0.3, 0.4) is 0 Å². The van der Waals surface area contributed by atoms with Crippen molar-refractivity contribution in [1.29, 1.82) is 0 Å². The lowest BCUT2D eigenvalue weighted by Gasteiger charge is -2.14. The summed E-state index contributed by atoms with van der Waals surface area (Å²) >= 11 is 0. The van der Waals surface area contributed by atoms with Gasteiger partial charge in [0.25, 0.3) is 0 Å². The van der Waals surface area contributed by atoms with Crippen LogP contribution in [0.15, 0.2) is 30.3 Å². The molecule has 0 aliphatic heterocycles. The van der Waals surface area contributed by atoms with Crippen LogP contribution < -0.4 is 5.32 Å². The van der Waals surface area contributed by atoms with Crippen molar-refractivity contribution in [2.24, 2.45) is 0 Å². The largest absolute Gasteiger partial charge is 0.367 e. The SMILES string of the molecule is CC[C@@H](C)Nc1nc2cc(C)nn2c2ccccc12. The maximum atomic E-state index is 4.70. The highest BCUT2D eigenvalue weighted by atomic mass is 15.3. The van der Waals surface area contributed by atoms with Crippen molar-refractivity contribution < 1.29 is 0 Å². The first kappa shape index (κ1) is 12.0. The molecule has 0 saturated carbocycles. The Morgan fingerprint density at radius 1 is 1.32 bits per heavy atom. The lowest BCUT2D eigenvalue weighted by molar-refractivity contribution is 0.760. The fourth-order valence-electron chi connectivity index (χ4n) is 2.22. The van der Waals surface area contributed by atoms with Crippen molar-refractivity contribution in [2.75, 3.05) is 5.32 Å². The van der Waals surface area contributed by atoms with Crippen LogP contribution in [-0.2, 0) is 0 Å². The molecule has 19 heavy (non-hydrogen) atoms. The fourth-order valence-corrected chi connectivity index (χ4v) is 2.22. The zero-order valence-electron chi connectivity index (χ0n) is 11.5. The first-order valence-corrected chi connectivity index (χ1v) is 6.70. The summed E-state index contributed by atoms with van der Waals surface area (Å²) in [5.74, 6) is 0.942. The van der Waals surface area contributed by atoms with Crippen LogP contribution in [-0.4, -0.2) is 20.6 Å². The summed E-state index contributed by atoms with van der Waals surface area (Å²) in [5, 5.41) is 9.10. The molecule has 2 aromatic heterocycles. The number of benzene rings is 1. The normalized spacial score (nSPS) is 13.0. The Hall–Kier alpha value is -2.10. The van der Waals surface area contributed by atoms with E-state index in [9.17, 15) is 0 Å². The Balaban J connectivity index is 2.29. The maximum Gasteiger partial charge on any atom is 0.158 e. The Morgan fingerprint density at radius 2 is 2.11 bits per heavy atom. The molecule has 1 aromatic carbocycles. The van der Waals surface area contributed by atoms with E-state index in [-0.39, 0.29) is 0 Å². The Kier molecular flexibility index (Phi) is 2.85. The lowest BCUT2D eigenvalue weighted by Crippen LogP contribution is -2.15. The van der Waals surface area contributed by atoms with E-state index in [0.717, 1.165) is 34.5 Å². The molecule has 98 valence electrons. The van der Waals surface area contributed by atoms with Gasteiger partial charge in [0.1, 0.15) is 5.82 Å². The number of nitrogens with zero attached hydrogens (tertiary/aromatic N) is 3. The Bertz CT molecular complexity index is 729. The number of nitrogens with one attached hydrogen (secondary N) is 1. The molecule has 0 aliphatic carbocycles. The van der Waals surface area contributed by atoms with Gasteiger partial charge < -0.3 is 5.32 Å². The molecule has 4 heteroatoms. The van der Waals surface area contributed by atoms with Crippen molar-refractivity contribution in [3.63, 3.8) is 0 Å². The average molecular weight is 254 g/mol. The van der Waals surface area contributed by atoms with Gasteiger partial charge in [-0.3, -0.25) is 0 Å². The zero-order chi connectivity index (χ0) is 13.4. The number of para-hydroxylation sites is 1.